The Hall–Kier alpha value is -2.06. The Balaban J connectivity index is 0.000000882. The van der Waals surface area contributed by atoms with Crippen molar-refractivity contribution < 1.29 is 14.7 Å². The summed E-state index contributed by atoms with van der Waals surface area (Å²) in [6, 6.07) is 26.2. The molecule has 1 aliphatic rings. The van der Waals surface area contributed by atoms with Crippen molar-refractivity contribution in [1.29, 1.82) is 0 Å². The standard InChI is InChI=1S/C18H13AsO.2H2O/c20-19(14-8-2-1-3-9-14)17-12-6-4-10-15(17)16-11-5-7-13-18(16)19;;/h1-13H;2*1H2. The third-order valence-corrected chi connectivity index (χ3v) is 10.5. The van der Waals surface area contributed by atoms with E-state index in [4.69, 9.17) is 0 Å². The molecule has 0 unspecified atom stereocenters. The van der Waals surface area contributed by atoms with E-state index >= 15 is 0 Å². The van der Waals surface area contributed by atoms with Crippen molar-refractivity contribution in [2.45, 2.75) is 0 Å². The Morgan fingerprint density at radius 1 is 0.545 bits per heavy atom. The maximum absolute atomic E-state index is 13.9. The van der Waals surface area contributed by atoms with Gasteiger partial charge in [0.05, 0.1) is 0 Å². The molecule has 22 heavy (non-hydrogen) atoms. The minimum atomic E-state index is -3.47. The fourth-order valence-corrected chi connectivity index (χ4v) is 9.44. The van der Waals surface area contributed by atoms with Gasteiger partial charge in [-0.05, 0) is 0 Å². The molecule has 0 saturated carbocycles. The van der Waals surface area contributed by atoms with Gasteiger partial charge in [-0.1, -0.05) is 0 Å². The van der Waals surface area contributed by atoms with Crippen molar-refractivity contribution >= 4 is 26.5 Å². The molecule has 0 bridgehead atoms. The van der Waals surface area contributed by atoms with Crippen molar-refractivity contribution in [3.8, 4) is 11.1 Å². The first-order valence-electron chi connectivity index (χ1n) is 6.67. The predicted octanol–water partition coefficient (Wildman–Crippen LogP) is 0.415. The Morgan fingerprint density at radius 3 is 1.45 bits per heavy atom. The fraction of sp³-hybridized carbons (Fsp3) is 0. The van der Waals surface area contributed by atoms with Crippen LogP contribution in [0, 0.1) is 0 Å². The number of hydrogen-bond acceptors (Lipinski definition) is 1. The Kier molecular flexibility index (Phi) is 4.43. The SMILES string of the molecule is O.O.O=[As]1(c2ccccc2)c2ccccc2-c2ccccc21. The Morgan fingerprint density at radius 2 is 0.955 bits per heavy atom. The maximum atomic E-state index is 13.9. The van der Waals surface area contributed by atoms with Gasteiger partial charge in [0.2, 0.25) is 0 Å². The molecular formula is C18H17AsO3. The first-order valence-corrected chi connectivity index (χ1v) is 10.2. The molecule has 1 heterocycles. The topological polar surface area (TPSA) is 80.1 Å². The van der Waals surface area contributed by atoms with E-state index in [2.05, 4.69) is 12.1 Å². The van der Waals surface area contributed by atoms with E-state index in [1.54, 1.807) is 0 Å². The molecule has 0 aromatic heterocycles. The summed E-state index contributed by atoms with van der Waals surface area (Å²) < 4.78 is 16.9. The minimum absolute atomic E-state index is 0. The molecule has 0 aliphatic carbocycles. The summed E-state index contributed by atoms with van der Waals surface area (Å²) in [5, 5.41) is 0. The van der Waals surface area contributed by atoms with Crippen LogP contribution in [0.1, 0.15) is 0 Å². The molecule has 3 aromatic rings. The van der Waals surface area contributed by atoms with E-state index in [9.17, 15) is 3.74 Å². The van der Waals surface area contributed by atoms with Crippen LogP contribution in [0.15, 0.2) is 78.9 Å². The summed E-state index contributed by atoms with van der Waals surface area (Å²) in [6.07, 6.45) is 0. The number of benzene rings is 3. The van der Waals surface area contributed by atoms with Gasteiger partial charge in [-0.3, -0.25) is 0 Å². The first-order chi connectivity index (χ1) is 9.82. The molecular weight excluding hydrogens is 339 g/mol. The fourth-order valence-electron chi connectivity index (χ4n) is 3.00. The molecule has 112 valence electrons. The van der Waals surface area contributed by atoms with E-state index in [1.165, 1.54) is 0 Å². The Labute approximate surface area is 131 Å². The van der Waals surface area contributed by atoms with Gasteiger partial charge in [0.15, 0.2) is 0 Å². The molecule has 3 aromatic carbocycles. The quantitative estimate of drug-likeness (QED) is 0.455. The summed E-state index contributed by atoms with van der Waals surface area (Å²) in [5.74, 6) is 0. The van der Waals surface area contributed by atoms with Crippen molar-refractivity contribution in [1.82, 2.24) is 0 Å². The van der Waals surface area contributed by atoms with Crippen LogP contribution in [0.25, 0.3) is 11.1 Å². The molecule has 0 radical (unpaired) electrons. The third kappa shape index (κ3) is 2.06. The van der Waals surface area contributed by atoms with Crippen LogP contribution < -0.4 is 13.1 Å². The number of rotatable bonds is 1. The number of fused-ring (bicyclic) bond motifs is 3. The van der Waals surface area contributed by atoms with Crippen molar-refractivity contribution in [3.05, 3.63) is 78.9 Å². The number of hydrogen-bond donors (Lipinski definition) is 0. The molecule has 4 rings (SSSR count). The summed E-state index contributed by atoms with van der Waals surface area (Å²) in [7, 11) is 0. The van der Waals surface area contributed by atoms with Crippen LogP contribution >= 0.6 is 0 Å². The van der Waals surface area contributed by atoms with Crippen LogP contribution in [-0.2, 0) is 3.74 Å². The van der Waals surface area contributed by atoms with Gasteiger partial charge < -0.3 is 11.0 Å². The van der Waals surface area contributed by atoms with Crippen LogP contribution in [0.3, 0.4) is 0 Å². The predicted molar refractivity (Wildman–Crippen MR) is 90.9 cm³/mol. The molecule has 0 spiro atoms. The molecule has 4 heteroatoms. The average molecular weight is 356 g/mol. The normalized spacial score (nSPS) is 13.3. The Bertz CT molecular complexity index is 794. The summed E-state index contributed by atoms with van der Waals surface area (Å²) in [5.41, 5.74) is 2.27. The van der Waals surface area contributed by atoms with E-state index in [1.807, 2.05) is 66.7 Å². The van der Waals surface area contributed by atoms with E-state index in [0.29, 0.717) is 0 Å². The van der Waals surface area contributed by atoms with Crippen LogP contribution in [0.4, 0.5) is 0 Å². The third-order valence-electron chi connectivity index (χ3n) is 3.90. The zero-order chi connectivity index (χ0) is 13.6. The van der Waals surface area contributed by atoms with Gasteiger partial charge in [0.1, 0.15) is 0 Å². The molecule has 0 saturated heterocycles. The second-order valence-corrected chi connectivity index (χ2v) is 10.6. The zero-order valence-electron chi connectivity index (χ0n) is 11.9. The van der Waals surface area contributed by atoms with Gasteiger partial charge in [-0.15, -0.1) is 0 Å². The van der Waals surface area contributed by atoms with Gasteiger partial charge in [-0.2, -0.15) is 0 Å². The van der Waals surface area contributed by atoms with Gasteiger partial charge in [-0.25, -0.2) is 0 Å². The summed E-state index contributed by atoms with van der Waals surface area (Å²) >= 11 is -3.47. The molecule has 3 nitrogen and oxygen atoms in total. The zero-order valence-corrected chi connectivity index (χ0v) is 13.7. The van der Waals surface area contributed by atoms with Gasteiger partial charge in [0, 0.05) is 0 Å². The van der Waals surface area contributed by atoms with Crippen LogP contribution in [0.5, 0.6) is 0 Å². The van der Waals surface area contributed by atoms with E-state index < -0.39 is 13.5 Å². The molecule has 0 fully saturated rings. The first kappa shape index (κ1) is 16.3. The molecule has 0 amide bonds. The van der Waals surface area contributed by atoms with Crippen LogP contribution in [-0.4, -0.2) is 24.4 Å². The van der Waals surface area contributed by atoms with Gasteiger partial charge in [0.25, 0.3) is 0 Å². The van der Waals surface area contributed by atoms with Crippen molar-refractivity contribution in [2.24, 2.45) is 0 Å². The second kappa shape index (κ2) is 5.97. The second-order valence-electron chi connectivity index (χ2n) is 4.98. The molecule has 1 aliphatic heterocycles. The average Bonchev–Trinajstić information content (AvgIpc) is 2.80. The van der Waals surface area contributed by atoms with Crippen LogP contribution in [0.2, 0.25) is 0 Å². The van der Waals surface area contributed by atoms with Crippen molar-refractivity contribution in [2.75, 3.05) is 0 Å². The molecule has 0 atom stereocenters. The van der Waals surface area contributed by atoms with E-state index in [-0.39, 0.29) is 11.0 Å². The molecule has 4 N–H and O–H groups in total. The van der Waals surface area contributed by atoms with E-state index in [0.717, 1.165) is 24.2 Å². The summed E-state index contributed by atoms with van der Waals surface area (Å²) in [6.45, 7) is 0. The monoisotopic (exact) mass is 356 g/mol. The van der Waals surface area contributed by atoms with Gasteiger partial charge >= 0.3 is 120 Å². The summed E-state index contributed by atoms with van der Waals surface area (Å²) in [4.78, 5) is 0. The van der Waals surface area contributed by atoms with Crippen molar-refractivity contribution in [3.63, 3.8) is 0 Å².